The minimum atomic E-state index is 0. The van der Waals surface area contributed by atoms with E-state index >= 15 is 0 Å². The van der Waals surface area contributed by atoms with Gasteiger partial charge in [-0.25, -0.2) is 0 Å². The van der Waals surface area contributed by atoms with Gasteiger partial charge in [0.15, 0.2) is 0 Å². The molecule has 0 aliphatic rings. The van der Waals surface area contributed by atoms with Gasteiger partial charge in [-0.1, -0.05) is 103 Å². The highest BCUT2D eigenvalue weighted by molar-refractivity contribution is 5.85. The number of carbonyl (C=O) groups is 1. The van der Waals surface area contributed by atoms with Crippen molar-refractivity contribution in [3.63, 3.8) is 0 Å². The van der Waals surface area contributed by atoms with Crippen LogP contribution in [0.15, 0.2) is 0 Å². The summed E-state index contributed by atoms with van der Waals surface area (Å²) in [7, 11) is 0. The molecule has 0 saturated heterocycles. The van der Waals surface area contributed by atoms with Crippen LogP contribution in [0, 0.1) is 0 Å². The van der Waals surface area contributed by atoms with E-state index in [0.717, 1.165) is 13.1 Å². The Labute approximate surface area is 199 Å². The number of unbranched alkanes of at least 4 members (excludes halogenated alkanes) is 15. The predicted molar refractivity (Wildman–Crippen MR) is 137 cm³/mol. The number of carbonyl (C=O) groups excluding carboxylic acids is 1. The Kier molecular flexibility index (Phi) is 31.4. The standard InChI is InChI=1S/C25H53N3O2.ClH/c1-2-3-4-5-6-7-8-9-10-11-12-13-14-15-16-17-20-27-21-18-25(29)28-22-24-30-23-19-26;/h27H,2-24,26H2,1H3,(H,28,29);1H. The second kappa shape index (κ2) is 29.6. The number of hydrogen-bond donors (Lipinski definition) is 3. The molecule has 1 amide bonds. The first kappa shape index (κ1) is 32.8. The van der Waals surface area contributed by atoms with Crippen LogP contribution in [-0.4, -0.2) is 45.3 Å². The first-order valence-electron chi connectivity index (χ1n) is 13.1. The molecule has 5 nitrogen and oxygen atoms in total. The van der Waals surface area contributed by atoms with E-state index in [1.807, 2.05) is 0 Å². The van der Waals surface area contributed by atoms with Gasteiger partial charge in [0.2, 0.25) is 5.91 Å². The van der Waals surface area contributed by atoms with Gasteiger partial charge in [0.25, 0.3) is 0 Å². The van der Waals surface area contributed by atoms with Gasteiger partial charge in [0.05, 0.1) is 13.2 Å². The normalized spacial score (nSPS) is 10.8. The molecule has 0 aromatic rings. The lowest BCUT2D eigenvalue weighted by Crippen LogP contribution is -2.30. The first-order valence-corrected chi connectivity index (χ1v) is 13.1. The summed E-state index contributed by atoms with van der Waals surface area (Å²) < 4.78 is 5.22. The highest BCUT2D eigenvalue weighted by Gasteiger charge is 2.00. The fraction of sp³-hybridized carbons (Fsp3) is 0.960. The maximum atomic E-state index is 11.6. The third kappa shape index (κ3) is 29.6. The average Bonchev–Trinajstić information content (AvgIpc) is 2.75. The summed E-state index contributed by atoms with van der Waals surface area (Å²) in [6.07, 6.45) is 22.9. The second-order valence-corrected chi connectivity index (χ2v) is 8.55. The van der Waals surface area contributed by atoms with Crippen LogP contribution in [-0.2, 0) is 9.53 Å². The van der Waals surface area contributed by atoms with E-state index in [2.05, 4.69) is 17.6 Å². The van der Waals surface area contributed by atoms with Crippen molar-refractivity contribution in [3.8, 4) is 0 Å². The molecule has 6 heteroatoms. The van der Waals surface area contributed by atoms with Crippen molar-refractivity contribution in [2.75, 3.05) is 39.4 Å². The molecule has 0 atom stereocenters. The van der Waals surface area contributed by atoms with Crippen molar-refractivity contribution in [1.82, 2.24) is 10.6 Å². The van der Waals surface area contributed by atoms with Gasteiger partial charge >= 0.3 is 0 Å². The monoisotopic (exact) mass is 463 g/mol. The molecule has 0 bridgehead atoms. The number of amides is 1. The first-order chi connectivity index (χ1) is 14.8. The van der Waals surface area contributed by atoms with Crippen LogP contribution in [0.3, 0.4) is 0 Å². The van der Waals surface area contributed by atoms with Crippen molar-refractivity contribution in [2.24, 2.45) is 5.73 Å². The smallest absolute Gasteiger partial charge is 0.221 e. The number of hydrogen-bond acceptors (Lipinski definition) is 4. The van der Waals surface area contributed by atoms with Gasteiger partial charge in [-0.2, -0.15) is 0 Å². The summed E-state index contributed by atoms with van der Waals surface area (Å²) in [5.41, 5.74) is 5.33. The number of nitrogens with one attached hydrogen (secondary N) is 2. The van der Waals surface area contributed by atoms with Crippen molar-refractivity contribution in [1.29, 1.82) is 0 Å². The molecular weight excluding hydrogens is 410 g/mol. The highest BCUT2D eigenvalue weighted by Crippen LogP contribution is 2.13. The highest BCUT2D eigenvalue weighted by atomic mass is 35.5. The lowest BCUT2D eigenvalue weighted by atomic mass is 10.0. The molecule has 0 saturated carbocycles. The summed E-state index contributed by atoms with van der Waals surface area (Å²) >= 11 is 0. The zero-order chi connectivity index (χ0) is 22.0. The van der Waals surface area contributed by atoms with Crippen molar-refractivity contribution in [2.45, 2.75) is 116 Å². The van der Waals surface area contributed by atoms with Crippen LogP contribution in [0.5, 0.6) is 0 Å². The zero-order valence-electron chi connectivity index (χ0n) is 20.6. The fourth-order valence-electron chi connectivity index (χ4n) is 3.66. The Bertz CT molecular complexity index is 347. The number of halogens is 1. The molecule has 0 rings (SSSR count). The van der Waals surface area contributed by atoms with Crippen molar-refractivity contribution in [3.05, 3.63) is 0 Å². The minimum Gasteiger partial charge on any atom is -0.378 e. The zero-order valence-corrected chi connectivity index (χ0v) is 21.4. The van der Waals surface area contributed by atoms with Crippen molar-refractivity contribution < 1.29 is 9.53 Å². The summed E-state index contributed by atoms with van der Waals surface area (Å²) in [5, 5.41) is 6.22. The number of ether oxygens (including phenoxy) is 1. The van der Waals surface area contributed by atoms with Crippen molar-refractivity contribution >= 4 is 18.3 Å². The molecule has 0 aliphatic carbocycles. The summed E-state index contributed by atoms with van der Waals surface area (Å²) in [4.78, 5) is 11.6. The molecule has 0 unspecified atom stereocenters. The molecule has 0 aromatic heterocycles. The summed E-state index contributed by atoms with van der Waals surface area (Å²) in [6.45, 7) is 6.24. The lowest BCUT2D eigenvalue weighted by molar-refractivity contribution is -0.121. The Balaban J connectivity index is 0. The average molecular weight is 464 g/mol. The molecule has 0 radical (unpaired) electrons. The number of rotatable bonds is 25. The molecule has 0 aromatic carbocycles. The minimum absolute atomic E-state index is 0. The third-order valence-corrected chi connectivity index (χ3v) is 5.57. The summed E-state index contributed by atoms with van der Waals surface area (Å²) in [6, 6.07) is 0. The van der Waals surface area contributed by atoms with Crippen LogP contribution in [0.2, 0.25) is 0 Å². The van der Waals surface area contributed by atoms with E-state index in [0.29, 0.717) is 32.7 Å². The van der Waals surface area contributed by atoms with Gasteiger partial charge in [-0.3, -0.25) is 4.79 Å². The van der Waals surface area contributed by atoms with Crippen LogP contribution >= 0.6 is 12.4 Å². The Morgan fingerprint density at radius 3 is 1.65 bits per heavy atom. The molecule has 0 heterocycles. The van der Waals surface area contributed by atoms with Gasteiger partial charge in [0, 0.05) is 26.1 Å². The molecule has 0 spiro atoms. The maximum Gasteiger partial charge on any atom is 0.221 e. The van der Waals surface area contributed by atoms with E-state index < -0.39 is 0 Å². The second-order valence-electron chi connectivity index (χ2n) is 8.55. The van der Waals surface area contributed by atoms with E-state index in [1.165, 1.54) is 103 Å². The van der Waals surface area contributed by atoms with E-state index in [4.69, 9.17) is 10.5 Å². The lowest BCUT2D eigenvalue weighted by Gasteiger charge is -2.07. The number of nitrogens with two attached hydrogens (primary N) is 1. The molecule has 188 valence electrons. The van der Waals surface area contributed by atoms with Gasteiger partial charge in [-0.15, -0.1) is 12.4 Å². The Morgan fingerprint density at radius 1 is 0.677 bits per heavy atom. The Morgan fingerprint density at radius 2 is 1.16 bits per heavy atom. The van der Waals surface area contributed by atoms with Crippen LogP contribution in [0.25, 0.3) is 0 Å². The molecule has 0 fully saturated rings. The summed E-state index contributed by atoms with van der Waals surface area (Å²) in [5.74, 6) is 0.0887. The molecular formula is C25H54ClN3O2. The van der Waals surface area contributed by atoms with E-state index in [-0.39, 0.29) is 18.3 Å². The predicted octanol–water partition coefficient (Wildman–Crippen LogP) is 5.74. The largest absolute Gasteiger partial charge is 0.378 e. The van der Waals surface area contributed by atoms with Gasteiger partial charge < -0.3 is 21.1 Å². The SMILES string of the molecule is CCCCCCCCCCCCCCCCCCNCCC(=O)NCCOCCN.Cl. The molecule has 0 aliphatic heterocycles. The quantitative estimate of drug-likeness (QED) is 0.151. The van der Waals surface area contributed by atoms with Crippen LogP contribution in [0.4, 0.5) is 0 Å². The molecule has 31 heavy (non-hydrogen) atoms. The van der Waals surface area contributed by atoms with E-state index in [9.17, 15) is 4.79 Å². The van der Waals surface area contributed by atoms with Gasteiger partial charge in [0.1, 0.15) is 0 Å². The third-order valence-electron chi connectivity index (χ3n) is 5.57. The van der Waals surface area contributed by atoms with Crippen LogP contribution < -0.4 is 16.4 Å². The molecule has 4 N–H and O–H groups in total. The topological polar surface area (TPSA) is 76.4 Å². The van der Waals surface area contributed by atoms with Crippen LogP contribution in [0.1, 0.15) is 116 Å². The fourth-order valence-corrected chi connectivity index (χ4v) is 3.66. The van der Waals surface area contributed by atoms with E-state index in [1.54, 1.807) is 0 Å². The Hall–Kier alpha value is -0.360. The van der Waals surface area contributed by atoms with Gasteiger partial charge in [-0.05, 0) is 13.0 Å². The maximum absolute atomic E-state index is 11.6.